The quantitative estimate of drug-likeness (QED) is 0.424. The predicted molar refractivity (Wildman–Crippen MR) is 123 cm³/mol. The van der Waals surface area contributed by atoms with Crippen molar-refractivity contribution in [2.24, 2.45) is 0 Å². The van der Waals surface area contributed by atoms with Crippen LogP contribution in [0.15, 0.2) is 49.2 Å². The highest BCUT2D eigenvalue weighted by Gasteiger charge is 2.21. The first-order valence-electron chi connectivity index (χ1n) is 10.7. The molecule has 11 heteroatoms. The zero-order valence-electron chi connectivity index (χ0n) is 18.3. The van der Waals surface area contributed by atoms with Gasteiger partial charge in [0.2, 0.25) is 0 Å². The van der Waals surface area contributed by atoms with Crippen LogP contribution in [-0.2, 0) is 4.79 Å². The van der Waals surface area contributed by atoms with Crippen LogP contribution in [0.25, 0.3) is 27.8 Å². The molecule has 1 saturated heterocycles. The van der Waals surface area contributed by atoms with Gasteiger partial charge < -0.3 is 9.80 Å². The smallest absolute Gasteiger partial charge is 0.333 e. The molecule has 0 radical (unpaired) electrons. The summed E-state index contributed by atoms with van der Waals surface area (Å²) < 4.78 is 28.2. The van der Waals surface area contributed by atoms with Crippen molar-refractivity contribution in [3.05, 3.63) is 54.7 Å². The first-order chi connectivity index (χ1) is 17.0. The molecule has 1 amide bonds. The van der Waals surface area contributed by atoms with E-state index in [0.717, 1.165) is 11.4 Å². The third-order valence-corrected chi connectivity index (χ3v) is 5.94. The predicted octanol–water partition coefficient (Wildman–Crippen LogP) is 2.81. The number of fused-ring (bicyclic) bond motifs is 1. The highest BCUT2D eigenvalue weighted by molar-refractivity contribution is 5.93. The zero-order valence-corrected chi connectivity index (χ0v) is 18.3. The first-order valence-corrected chi connectivity index (χ1v) is 10.7. The Hall–Kier alpha value is -4.77. The van der Waals surface area contributed by atoms with Crippen molar-refractivity contribution >= 4 is 17.2 Å². The van der Waals surface area contributed by atoms with Crippen LogP contribution in [0, 0.1) is 23.7 Å². The minimum Gasteiger partial charge on any atom is -0.353 e. The molecule has 0 bridgehead atoms. The topological polar surface area (TPSA) is 95.4 Å². The number of piperazine rings is 1. The molecule has 0 N–H and O–H groups in total. The third-order valence-electron chi connectivity index (χ3n) is 5.94. The second kappa shape index (κ2) is 8.88. The minimum atomic E-state index is -2.75. The molecule has 5 rings (SSSR count). The van der Waals surface area contributed by atoms with Gasteiger partial charge in [0, 0.05) is 67.0 Å². The fourth-order valence-corrected chi connectivity index (χ4v) is 4.14. The molecule has 4 aromatic rings. The zero-order chi connectivity index (χ0) is 24.5. The number of nitriles is 1. The number of amides is 1. The van der Waals surface area contributed by atoms with Gasteiger partial charge in [-0.15, -0.1) is 6.42 Å². The molecule has 174 valence electrons. The summed E-state index contributed by atoms with van der Waals surface area (Å²) in [4.78, 5) is 20.0. The van der Waals surface area contributed by atoms with E-state index in [1.807, 2.05) is 18.2 Å². The largest absolute Gasteiger partial charge is 0.353 e. The molecular weight excluding hydrogens is 454 g/mol. The summed E-state index contributed by atoms with van der Waals surface area (Å²) in [5.74, 6) is 2.58. The Morgan fingerprint density at radius 3 is 2.46 bits per heavy atom. The lowest BCUT2D eigenvalue weighted by Gasteiger charge is -2.34. The van der Waals surface area contributed by atoms with Crippen molar-refractivity contribution in [3.8, 4) is 40.7 Å². The Labute approximate surface area is 198 Å². The van der Waals surface area contributed by atoms with E-state index in [1.54, 1.807) is 21.8 Å². The van der Waals surface area contributed by atoms with Crippen molar-refractivity contribution in [2.75, 3.05) is 31.1 Å². The SMILES string of the molecule is C#CC(=O)N1CCN(c2ccc(-c3cc(-c4cnn(C(F)F)c4)cn4ncc(C#N)c34)cn2)CC1. The average molecular weight is 472 g/mol. The van der Waals surface area contributed by atoms with Crippen molar-refractivity contribution in [1.82, 2.24) is 29.3 Å². The van der Waals surface area contributed by atoms with Gasteiger partial charge in [0.05, 0.1) is 23.5 Å². The van der Waals surface area contributed by atoms with E-state index in [0.29, 0.717) is 58.6 Å². The van der Waals surface area contributed by atoms with E-state index in [9.17, 15) is 18.8 Å². The molecule has 4 aromatic heterocycles. The number of hydrogen-bond donors (Lipinski definition) is 0. The van der Waals surface area contributed by atoms with Gasteiger partial charge in [0.25, 0.3) is 5.91 Å². The highest BCUT2D eigenvalue weighted by atomic mass is 19.3. The van der Waals surface area contributed by atoms with Gasteiger partial charge in [0.15, 0.2) is 0 Å². The number of aromatic nitrogens is 5. The van der Waals surface area contributed by atoms with Crippen molar-refractivity contribution in [1.29, 1.82) is 5.26 Å². The second-order valence-electron chi connectivity index (χ2n) is 7.92. The second-order valence-corrected chi connectivity index (χ2v) is 7.92. The van der Waals surface area contributed by atoms with Crippen LogP contribution in [0.3, 0.4) is 0 Å². The number of carbonyl (C=O) groups excluding carboxylic acids is 1. The molecule has 0 atom stereocenters. The number of pyridine rings is 2. The Morgan fingerprint density at radius 1 is 1.03 bits per heavy atom. The van der Waals surface area contributed by atoms with E-state index >= 15 is 0 Å². The lowest BCUT2D eigenvalue weighted by atomic mass is 10.0. The molecule has 1 fully saturated rings. The van der Waals surface area contributed by atoms with Crippen LogP contribution >= 0.6 is 0 Å². The first kappa shape index (κ1) is 22.0. The van der Waals surface area contributed by atoms with E-state index in [-0.39, 0.29) is 5.91 Å². The Kier molecular flexibility index (Phi) is 5.59. The molecular formula is C24H18F2N8O. The number of rotatable bonds is 4. The summed E-state index contributed by atoms with van der Waals surface area (Å²) in [6.07, 6.45) is 12.7. The van der Waals surface area contributed by atoms with Gasteiger partial charge >= 0.3 is 6.55 Å². The average Bonchev–Trinajstić information content (AvgIpc) is 3.55. The molecule has 0 aliphatic carbocycles. The monoisotopic (exact) mass is 472 g/mol. The van der Waals surface area contributed by atoms with E-state index in [2.05, 4.69) is 32.1 Å². The maximum atomic E-state index is 13.0. The van der Waals surface area contributed by atoms with Crippen molar-refractivity contribution in [3.63, 3.8) is 0 Å². The van der Waals surface area contributed by atoms with Crippen LogP contribution < -0.4 is 4.90 Å². The summed E-state index contributed by atoms with van der Waals surface area (Å²) in [5.41, 5.74) is 3.50. The number of terminal acetylenes is 1. The number of alkyl halides is 2. The molecule has 0 saturated carbocycles. The van der Waals surface area contributed by atoms with E-state index < -0.39 is 6.55 Å². The van der Waals surface area contributed by atoms with Crippen LogP contribution in [0.5, 0.6) is 0 Å². The normalized spacial score (nSPS) is 13.7. The molecule has 0 spiro atoms. The molecule has 5 heterocycles. The lowest BCUT2D eigenvalue weighted by molar-refractivity contribution is -0.125. The fourth-order valence-electron chi connectivity index (χ4n) is 4.14. The van der Waals surface area contributed by atoms with Crippen LogP contribution in [0.1, 0.15) is 12.1 Å². The maximum absolute atomic E-state index is 13.0. The van der Waals surface area contributed by atoms with Crippen LogP contribution in [0.2, 0.25) is 0 Å². The maximum Gasteiger partial charge on any atom is 0.333 e. The summed E-state index contributed by atoms with van der Waals surface area (Å²) >= 11 is 0. The number of carbonyl (C=O) groups is 1. The lowest BCUT2D eigenvalue weighted by Crippen LogP contribution is -2.48. The van der Waals surface area contributed by atoms with Gasteiger partial charge in [-0.3, -0.25) is 4.79 Å². The third kappa shape index (κ3) is 4.04. The van der Waals surface area contributed by atoms with Gasteiger partial charge in [-0.1, -0.05) is 0 Å². The molecule has 35 heavy (non-hydrogen) atoms. The number of nitrogens with zero attached hydrogens (tertiary/aromatic N) is 8. The summed E-state index contributed by atoms with van der Waals surface area (Å²) in [6, 6.07) is 7.71. The Bertz CT molecular complexity index is 1480. The van der Waals surface area contributed by atoms with Crippen molar-refractivity contribution < 1.29 is 13.6 Å². The van der Waals surface area contributed by atoms with Gasteiger partial charge in [-0.2, -0.15) is 24.2 Å². The highest BCUT2D eigenvalue weighted by Crippen LogP contribution is 2.32. The van der Waals surface area contributed by atoms with Crippen molar-refractivity contribution in [2.45, 2.75) is 6.55 Å². The van der Waals surface area contributed by atoms with E-state index in [4.69, 9.17) is 6.42 Å². The molecule has 0 aromatic carbocycles. The Morgan fingerprint density at radius 2 is 1.83 bits per heavy atom. The van der Waals surface area contributed by atoms with Gasteiger partial charge in [-0.25, -0.2) is 14.2 Å². The minimum absolute atomic E-state index is 0.315. The standard InChI is InChI=1S/C24H18F2N8O/c1-2-22(35)32-7-5-31(6-8-32)21-4-3-16(11-28-21)20-9-17(19-13-30-34(15-19)24(25)26)14-33-23(20)18(10-27)12-29-33/h1,3-4,9,11-15,24H,5-8H2. The fraction of sp³-hybridized carbons (Fsp3) is 0.208. The molecule has 0 unspecified atom stereocenters. The van der Waals surface area contributed by atoms with Gasteiger partial charge in [-0.05, 0) is 24.1 Å². The number of anilines is 1. The number of hydrogen-bond acceptors (Lipinski definition) is 6. The molecule has 1 aliphatic rings. The molecule has 9 nitrogen and oxygen atoms in total. The van der Waals surface area contributed by atoms with E-state index in [1.165, 1.54) is 18.6 Å². The Balaban J connectivity index is 1.49. The summed E-state index contributed by atoms with van der Waals surface area (Å²) in [7, 11) is 0. The summed E-state index contributed by atoms with van der Waals surface area (Å²) in [5, 5.41) is 17.6. The van der Waals surface area contributed by atoms with Gasteiger partial charge in [0.1, 0.15) is 11.9 Å². The molecule has 1 aliphatic heterocycles. The van der Waals surface area contributed by atoms with Crippen LogP contribution in [-0.4, -0.2) is 61.4 Å². The van der Waals surface area contributed by atoms with Crippen LogP contribution in [0.4, 0.5) is 14.6 Å². The summed E-state index contributed by atoms with van der Waals surface area (Å²) in [6.45, 7) is -0.500. The number of halogens is 2.